The number of hydrogen-bond acceptors (Lipinski definition) is 2. The average molecular weight is 239 g/mol. The highest BCUT2D eigenvalue weighted by molar-refractivity contribution is 5.61. The maximum atomic E-state index is 6.13. The van der Waals surface area contributed by atoms with E-state index in [1.165, 1.54) is 16.7 Å². The van der Waals surface area contributed by atoms with Gasteiger partial charge in [0.25, 0.3) is 0 Å². The molecule has 1 aliphatic heterocycles. The molecule has 0 radical (unpaired) electrons. The second-order valence-corrected chi connectivity index (χ2v) is 4.85. The van der Waals surface area contributed by atoms with Gasteiger partial charge in [0.1, 0.15) is 11.9 Å². The molecule has 0 amide bonds. The van der Waals surface area contributed by atoms with Gasteiger partial charge in [-0.2, -0.15) is 0 Å². The quantitative estimate of drug-likeness (QED) is 0.816. The van der Waals surface area contributed by atoms with Gasteiger partial charge in [-0.25, -0.2) is 0 Å². The minimum absolute atomic E-state index is 0.0965. The molecule has 2 aromatic rings. The van der Waals surface area contributed by atoms with Crippen molar-refractivity contribution in [3.63, 3.8) is 0 Å². The van der Waals surface area contributed by atoms with E-state index < -0.39 is 0 Å². The summed E-state index contributed by atoms with van der Waals surface area (Å²) in [6.45, 7) is 5.00. The van der Waals surface area contributed by atoms with Crippen LogP contribution in [0.1, 0.15) is 22.8 Å². The summed E-state index contributed by atoms with van der Waals surface area (Å²) < 4.78 is 6.13. The zero-order valence-corrected chi connectivity index (χ0v) is 10.7. The summed E-state index contributed by atoms with van der Waals surface area (Å²) >= 11 is 0. The van der Waals surface area contributed by atoms with Gasteiger partial charge in [0, 0.05) is 0 Å². The Morgan fingerprint density at radius 2 is 1.83 bits per heavy atom. The number of anilines is 1. The summed E-state index contributed by atoms with van der Waals surface area (Å²) in [6.07, 6.45) is 0.0965. The number of rotatable bonds is 1. The van der Waals surface area contributed by atoms with Gasteiger partial charge < -0.3 is 10.1 Å². The molecule has 2 heteroatoms. The Hall–Kier alpha value is -1.96. The van der Waals surface area contributed by atoms with E-state index >= 15 is 0 Å². The maximum Gasteiger partial charge on any atom is 0.146 e. The topological polar surface area (TPSA) is 21.3 Å². The molecule has 92 valence electrons. The van der Waals surface area contributed by atoms with Crippen molar-refractivity contribution in [2.45, 2.75) is 20.0 Å². The SMILES string of the molecule is Cc1ccc(C2CNc3cccc(C)c3O2)cc1. The van der Waals surface area contributed by atoms with Gasteiger partial charge in [-0.1, -0.05) is 42.0 Å². The minimum Gasteiger partial charge on any atom is -0.481 e. The molecule has 1 atom stereocenters. The molecule has 3 rings (SSSR count). The lowest BCUT2D eigenvalue weighted by molar-refractivity contribution is 0.209. The Kier molecular flexibility index (Phi) is 2.71. The Balaban J connectivity index is 1.90. The van der Waals surface area contributed by atoms with E-state index in [2.05, 4.69) is 61.6 Å². The lowest BCUT2D eigenvalue weighted by Crippen LogP contribution is -2.24. The fourth-order valence-electron chi connectivity index (χ4n) is 2.30. The van der Waals surface area contributed by atoms with Gasteiger partial charge >= 0.3 is 0 Å². The van der Waals surface area contributed by atoms with Crippen LogP contribution in [-0.2, 0) is 0 Å². The van der Waals surface area contributed by atoms with Crippen molar-refractivity contribution < 1.29 is 4.74 Å². The van der Waals surface area contributed by atoms with Crippen LogP contribution in [0.5, 0.6) is 5.75 Å². The first kappa shape index (κ1) is 11.1. The van der Waals surface area contributed by atoms with Crippen molar-refractivity contribution in [1.82, 2.24) is 0 Å². The number of hydrogen-bond donors (Lipinski definition) is 1. The van der Waals surface area contributed by atoms with Crippen molar-refractivity contribution in [2.75, 3.05) is 11.9 Å². The van der Waals surface area contributed by atoms with Gasteiger partial charge in [0.2, 0.25) is 0 Å². The van der Waals surface area contributed by atoms with E-state index in [1.807, 2.05) is 0 Å². The molecule has 1 heterocycles. The molecular weight excluding hydrogens is 222 g/mol. The Bertz CT molecular complexity index is 560. The Morgan fingerprint density at radius 3 is 2.61 bits per heavy atom. The molecule has 0 fully saturated rings. The molecule has 2 nitrogen and oxygen atoms in total. The van der Waals surface area contributed by atoms with Gasteiger partial charge in [-0.3, -0.25) is 0 Å². The fraction of sp³-hybridized carbons (Fsp3) is 0.250. The number of fused-ring (bicyclic) bond motifs is 1. The van der Waals surface area contributed by atoms with Gasteiger partial charge in [0.05, 0.1) is 12.2 Å². The zero-order valence-electron chi connectivity index (χ0n) is 10.7. The standard InChI is InChI=1S/C16H17NO/c1-11-6-8-13(9-7-11)15-10-17-14-5-3-4-12(2)16(14)18-15/h3-9,15,17H,10H2,1-2H3. The highest BCUT2D eigenvalue weighted by atomic mass is 16.5. The third-order valence-corrected chi connectivity index (χ3v) is 3.40. The molecule has 0 saturated carbocycles. The first-order valence-corrected chi connectivity index (χ1v) is 6.31. The lowest BCUT2D eigenvalue weighted by atomic mass is 10.0. The smallest absolute Gasteiger partial charge is 0.146 e. The van der Waals surface area contributed by atoms with Crippen LogP contribution < -0.4 is 10.1 Å². The van der Waals surface area contributed by atoms with Crippen molar-refractivity contribution in [3.8, 4) is 5.75 Å². The molecule has 18 heavy (non-hydrogen) atoms. The van der Waals surface area contributed by atoms with Gasteiger partial charge in [-0.15, -0.1) is 0 Å². The fourth-order valence-corrected chi connectivity index (χ4v) is 2.30. The predicted molar refractivity (Wildman–Crippen MR) is 74.2 cm³/mol. The summed E-state index contributed by atoms with van der Waals surface area (Å²) in [4.78, 5) is 0. The second-order valence-electron chi connectivity index (χ2n) is 4.85. The van der Waals surface area contributed by atoms with Crippen molar-refractivity contribution >= 4 is 5.69 Å². The first-order valence-electron chi connectivity index (χ1n) is 6.31. The van der Waals surface area contributed by atoms with Crippen LogP contribution >= 0.6 is 0 Å². The molecule has 2 aromatic carbocycles. The largest absolute Gasteiger partial charge is 0.481 e. The maximum absolute atomic E-state index is 6.13. The van der Waals surface area contributed by atoms with Crippen molar-refractivity contribution in [1.29, 1.82) is 0 Å². The third kappa shape index (κ3) is 1.94. The third-order valence-electron chi connectivity index (χ3n) is 3.40. The van der Waals surface area contributed by atoms with E-state index in [9.17, 15) is 0 Å². The minimum atomic E-state index is 0.0965. The number of benzene rings is 2. The van der Waals surface area contributed by atoms with Crippen LogP contribution in [0, 0.1) is 13.8 Å². The Labute approximate surface area is 108 Å². The predicted octanol–water partition coefficient (Wildman–Crippen LogP) is 3.85. The monoisotopic (exact) mass is 239 g/mol. The van der Waals surface area contributed by atoms with Gasteiger partial charge in [0.15, 0.2) is 0 Å². The highest BCUT2D eigenvalue weighted by Gasteiger charge is 2.21. The molecule has 1 aliphatic rings. The zero-order chi connectivity index (χ0) is 12.5. The number of ether oxygens (including phenoxy) is 1. The van der Waals surface area contributed by atoms with Crippen molar-refractivity contribution in [2.24, 2.45) is 0 Å². The molecule has 0 bridgehead atoms. The summed E-state index contributed by atoms with van der Waals surface area (Å²) in [6, 6.07) is 14.7. The van der Waals surface area contributed by atoms with Crippen LogP contribution in [0.4, 0.5) is 5.69 Å². The van der Waals surface area contributed by atoms with E-state index in [1.54, 1.807) is 0 Å². The van der Waals surface area contributed by atoms with Gasteiger partial charge in [-0.05, 0) is 31.0 Å². The van der Waals surface area contributed by atoms with Crippen LogP contribution in [0.25, 0.3) is 0 Å². The van der Waals surface area contributed by atoms with Crippen LogP contribution in [0.2, 0.25) is 0 Å². The molecular formula is C16H17NO. The molecule has 0 saturated heterocycles. The van der Waals surface area contributed by atoms with Crippen LogP contribution in [-0.4, -0.2) is 6.54 Å². The van der Waals surface area contributed by atoms with Crippen LogP contribution in [0.15, 0.2) is 42.5 Å². The summed E-state index contributed by atoms with van der Waals surface area (Å²) in [5.41, 5.74) is 4.77. The average Bonchev–Trinajstić information content (AvgIpc) is 2.40. The van der Waals surface area contributed by atoms with Crippen LogP contribution in [0.3, 0.4) is 0 Å². The first-order chi connectivity index (χ1) is 8.74. The summed E-state index contributed by atoms with van der Waals surface area (Å²) in [5.74, 6) is 0.981. The summed E-state index contributed by atoms with van der Waals surface area (Å²) in [7, 11) is 0. The van der Waals surface area contributed by atoms with E-state index in [0.717, 1.165) is 18.0 Å². The van der Waals surface area contributed by atoms with E-state index in [0.29, 0.717) is 0 Å². The van der Waals surface area contributed by atoms with Crippen molar-refractivity contribution in [3.05, 3.63) is 59.2 Å². The normalized spacial score (nSPS) is 17.6. The number of aryl methyl sites for hydroxylation is 2. The molecule has 1 unspecified atom stereocenters. The molecule has 1 N–H and O–H groups in total. The highest BCUT2D eigenvalue weighted by Crippen LogP contribution is 2.36. The van der Waals surface area contributed by atoms with E-state index in [4.69, 9.17) is 4.74 Å². The van der Waals surface area contributed by atoms with E-state index in [-0.39, 0.29) is 6.10 Å². The molecule has 0 aromatic heterocycles. The molecule has 0 spiro atoms. The molecule has 0 aliphatic carbocycles. The number of para-hydroxylation sites is 1. The number of nitrogens with one attached hydrogen (secondary N) is 1. The lowest BCUT2D eigenvalue weighted by Gasteiger charge is -2.28. The Morgan fingerprint density at radius 1 is 1.06 bits per heavy atom. The second kappa shape index (κ2) is 4.37. The summed E-state index contributed by atoms with van der Waals surface area (Å²) in [5, 5.41) is 3.44.